The maximum absolute atomic E-state index is 12.9. The van der Waals surface area contributed by atoms with Crippen LogP contribution in [0, 0.1) is 27.7 Å². The van der Waals surface area contributed by atoms with Crippen molar-refractivity contribution in [3.63, 3.8) is 0 Å². The molecule has 0 aliphatic rings. The van der Waals surface area contributed by atoms with Gasteiger partial charge in [0.2, 0.25) is 0 Å². The predicted molar refractivity (Wildman–Crippen MR) is 151 cm³/mol. The second-order valence-corrected chi connectivity index (χ2v) is 9.84. The molecule has 2 amide bonds. The molecule has 0 radical (unpaired) electrons. The fourth-order valence-corrected chi connectivity index (χ4v) is 4.59. The lowest BCUT2D eigenvalue weighted by molar-refractivity contribution is 0.0924. The Kier molecular flexibility index (Phi) is 6.14. The molecule has 40 heavy (non-hydrogen) atoms. The van der Waals surface area contributed by atoms with Gasteiger partial charge < -0.3 is 30.6 Å². The molecule has 0 spiro atoms. The highest BCUT2D eigenvalue weighted by molar-refractivity contribution is 5.99. The lowest BCUT2D eigenvalue weighted by atomic mass is 10.1. The Morgan fingerprint density at radius 3 is 1.48 bits per heavy atom. The predicted octanol–water partition coefficient (Wildman–Crippen LogP) is 3.61. The van der Waals surface area contributed by atoms with Crippen LogP contribution in [0.2, 0.25) is 0 Å². The van der Waals surface area contributed by atoms with Gasteiger partial charge >= 0.3 is 0 Å². The third kappa shape index (κ3) is 4.49. The molecule has 0 saturated heterocycles. The van der Waals surface area contributed by atoms with Crippen molar-refractivity contribution in [3.05, 3.63) is 70.6 Å². The summed E-state index contributed by atoms with van der Waals surface area (Å²) in [6.45, 7) is 8.54. The van der Waals surface area contributed by atoms with Crippen LogP contribution < -0.4 is 10.6 Å². The second-order valence-electron chi connectivity index (χ2n) is 9.84. The molecule has 0 unspecified atom stereocenters. The van der Waals surface area contributed by atoms with Crippen molar-refractivity contribution in [3.8, 4) is 23.0 Å². The number of nitrogens with one attached hydrogen (secondary N) is 6. The molecule has 0 aliphatic heterocycles. The van der Waals surface area contributed by atoms with Gasteiger partial charge in [-0.05, 0) is 74.2 Å². The van der Waals surface area contributed by atoms with E-state index in [-0.39, 0.29) is 36.3 Å². The number of hydrogen-bond donors (Lipinski definition) is 6. The fraction of sp³-hybridized carbons (Fsp3) is 0.214. The number of imidazole rings is 4. The first-order valence-corrected chi connectivity index (χ1v) is 12.9. The van der Waals surface area contributed by atoms with Gasteiger partial charge in [0.05, 0.1) is 34.7 Å². The van der Waals surface area contributed by atoms with Gasteiger partial charge in [-0.25, -0.2) is 19.9 Å². The molecule has 6 aromatic rings. The van der Waals surface area contributed by atoms with Gasteiger partial charge in [0.15, 0.2) is 11.6 Å². The van der Waals surface area contributed by atoms with Crippen molar-refractivity contribution in [1.29, 1.82) is 0 Å². The van der Waals surface area contributed by atoms with E-state index in [1.54, 1.807) is 0 Å². The number of aromatic amines is 4. The Morgan fingerprint density at radius 2 is 1.05 bits per heavy atom. The number of carbonyl (C=O) groups excluding carboxylic acids is 2. The van der Waals surface area contributed by atoms with Crippen LogP contribution in [0.15, 0.2) is 36.9 Å². The van der Waals surface area contributed by atoms with Gasteiger partial charge in [-0.2, -0.15) is 0 Å². The molecular formula is C28H28N10O2. The summed E-state index contributed by atoms with van der Waals surface area (Å²) in [6, 6.07) is 8.05. The number of aromatic nitrogens is 8. The van der Waals surface area contributed by atoms with E-state index in [2.05, 4.69) is 50.5 Å². The first-order valence-electron chi connectivity index (χ1n) is 12.9. The Morgan fingerprint density at radius 1 is 0.650 bits per heavy atom. The zero-order chi connectivity index (χ0) is 28.0. The van der Waals surface area contributed by atoms with E-state index < -0.39 is 0 Å². The van der Waals surface area contributed by atoms with Crippen molar-refractivity contribution < 1.29 is 9.59 Å². The molecular weight excluding hydrogens is 508 g/mol. The van der Waals surface area contributed by atoms with Gasteiger partial charge in [-0.15, -0.1) is 0 Å². The van der Waals surface area contributed by atoms with Crippen LogP contribution in [0.4, 0.5) is 0 Å². The third-order valence-electron chi connectivity index (χ3n) is 7.07. The van der Waals surface area contributed by atoms with E-state index in [9.17, 15) is 9.59 Å². The summed E-state index contributed by atoms with van der Waals surface area (Å²) in [5.74, 6) is 0.291. The smallest absolute Gasteiger partial charge is 0.270 e. The summed E-state index contributed by atoms with van der Waals surface area (Å²) in [6.07, 6.45) is 2.91. The monoisotopic (exact) mass is 536 g/mol. The van der Waals surface area contributed by atoms with Crippen molar-refractivity contribution in [2.75, 3.05) is 13.1 Å². The first kappa shape index (κ1) is 25.0. The number of nitrogens with zero attached hydrogens (tertiary/aromatic N) is 4. The number of carbonyl (C=O) groups is 2. The zero-order valence-corrected chi connectivity index (χ0v) is 22.5. The van der Waals surface area contributed by atoms with Gasteiger partial charge in [-0.3, -0.25) is 9.59 Å². The lowest BCUT2D eigenvalue weighted by Gasteiger charge is -2.07. The minimum absolute atomic E-state index is 0.203. The number of H-pyrrole nitrogens is 4. The molecule has 0 atom stereocenters. The molecule has 6 rings (SSSR count). The summed E-state index contributed by atoms with van der Waals surface area (Å²) in [4.78, 5) is 55.9. The number of benzene rings is 2. The number of fused-ring (bicyclic) bond motifs is 2. The standard InChI is InChI=1S/C28H28N10O2/c1-13-7-17-18(8-14(13)2)36-25(35-17)21-23(33-11-31-21)27(39)29-5-6-30-28(40)24-22(32-12-34-24)26-37-19-9-15(3)16(4)10-20(19)38-26/h7-12H,5-6H2,1-4H3,(H,29,39)(H,30,40)(H,31,33)(H,32,34)(H,35,36)(H,37,38). The van der Waals surface area contributed by atoms with E-state index in [4.69, 9.17) is 0 Å². The Balaban J connectivity index is 1.09. The fourth-order valence-electron chi connectivity index (χ4n) is 4.59. The van der Waals surface area contributed by atoms with Crippen molar-refractivity contribution >= 4 is 33.9 Å². The lowest BCUT2D eigenvalue weighted by Crippen LogP contribution is -2.35. The normalized spacial score (nSPS) is 11.4. The van der Waals surface area contributed by atoms with E-state index in [0.717, 1.165) is 44.3 Å². The maximum Gasteiger partial charge on any atom is 0.270 e. The van der Waals surface area contributed by atoms with Crippen LogP contribution in [0.1, 0.15) is 43.2 Å². The summed E-state index contributed by atoms with van der Waals surface area (Å²) >= 11 is 0. The molecule has 6 N–H and O–H groups in total. The van der Waals surface area contributed by atoms with Crippen LogP contribution in [-0.4, -0.2) is 64.8 Å². The molecule has 4 heterocycles. The first-order chi connectivity index (χ1) is 19.3. The number of amides is 2. The molecule has 0 saturated carbocycles. The largest absolute Gasteiger partial charge is 0.349 e. The van der Waals surface area contributed by atoms with Gasteiger partial charge in [0.25, 0.3) is 11.8 Å². The minimum atomic E-state index is -0.357. The molecule has 12 heteroatoms. The molecule has 0 aliphatic carbocycles. The second kappa shape index (κ2) is 9.80. The van der Waals surface area contributed by atoms with Crippen molar-refractivity contribution in [2.24, 2.45) is 0 Å². The summed E-state index contributed by atoms with van der Waals surface area (Å²) in [5.41, 5.74) is 9.34. The number of rotatable bonds is 7. The molecule has 2 aromatic carbocycles. The highest BCUT2D eigenvalue weighted by Crippen LogP contribution is 2.25. The quantitative estimate of drug-likeness (QED) is 0.170. The minimum Gasteiger partial charge on any atom is -0.349 e. The Labute approximate surface area is 228 Å². The molecule has 0 bridgehead atoms. The highest BCUT2D eigenvalue weighted by Gasteiger charge is 2.21. The highest BCUT2D eigenvalue weighted by atomic mass is 16.2. The van der Waals surface area contributed by atoms with Gasteiger partial charge in [-0.1, -0.05) is 0 Å². The summed E-state index contributed by atoms with van der Waals surface area (Å²) in [5, 5.41) is 5.62. The molecule has 202 valence electrons. The van der Waals surface area contributed by atoms with Crippen LogP contribution in [-0.2, 0) is 0 Å². The summed E-state index contributed by atoms with van der Waals surface area (Å²) < 4.78 is 0. The molecule has 12 nitrogen and oxygen atoms in total. The van der Waals surface area contributed by atoms with Crippen LogP contribution in [0.3, 0.4) is 0 Å². The number of hydrogen-bond acceptors (Lipinski definition) is 6. The van der Waals surface area contributed by atoms with E-state index >= 15 is 0 Å². The van der Waals surface area contributed by atoms with Gasteiger partial charge in [0.1, 0.15) is 22.8 Å². The molecule has 4 aromatic heterocycles. The van der Waals surface area contributed by atoms with Crippen LogP contribution in [0.25, 0.3) is 45.1 Å². The van der Waals surface area contributed by atoms with Gasteiger partial charge in [0, 0.05) is 13.1 Å². The summed E-state index contributed by atoms with van der Waals surface area (Å²) in [7, 11) is 0. The van der Waals surface area contributed by atoms with Crippen molar-refractivity contribution in [2.45, 2.75) is 27.7 Å². The Hall–Kier alpha value is -5.26. The topological polar surface area (TPSA) is 173 Å². The van der Waals surface area contributed by atoms with E-state index in [1.807, 2.05) is 52.0 Å². The average Bonchev–Trinajstić information content (AvgIpc) is 3.72. The Bertz CT molecular complexity index is 1690. The van der Waals surface area contributed by atoms with E-state index in [0.29, 0.717) is 23.0 Å². The maximum atomic E-state index is 12.9. The SMILES string of the molecule is Cc1cc2nc(-c3nc[nH]c3C(=O)NCCNC(=O)c3[nH]cnc3-c3nc4cc(C)c(C)cc4[nH]3)[nH]c2cc1C. The zero-order valence-electron chi connectivity index (χ0n) is 22.5. The molecule has 0 fully saturated rings. The number of aryl methyl sites for hydroxylation is 4. The van der Waals surface area contributed by atoms with Crippen molar-refractivity contribution in [1.82, 2.24) is 50.5 Å². The third-order valence-corrected chi connectivity index (χ3v) is 7.07. The van der Waals surface area contributed by atoms with E-state index in [1.165, 1.54) is 12.7 Å². The average molecular weight is 537 g/mol. The van der Waals surface area contributed by atoms with Crippen LogP contribution in [0.5, 0.6) is 0 Å². The van der Waals surface area contributed by atoms with Crippen LogP contribution >= 0.6 is 0 Å².